The van der Waals surface area contributed by atoms with E-state index in [9.17, 15) is 0 Å². The predicted octanol–water partition coefficient (Wildman–Crippen LogP) is 4.07. The van der Waals surface area contributed by atoms with Crippen LogP contribution in [0.15, 0.2) is 46.6 Å². The molecule has 0 saturated heterocycles. The second-order valence-corrected chi connectivity index (χ2v) is 5.30. The summed E-state index contributed by atoms with van der Waals surface area (Å²) in [6, 6.07) is 0. The van der Waals surface area contributed by atoms with Crippen molar-refractivity contribution in [3.05, 3.63) is 46.6 Å². The Morgan fingerprint density at radius 2 is 1.11 bits per heavy atom. The average molecular weight is 240 g/mol. The van der Waals surface area contributed by atoms with E-state index in [2.05, 4.69) is 38.2 Å². The first-order valence-electron chi connectivity index (χ1n) is 6.38. The predicted molar refractivity (Wildman–Crippen MR) is 77.5 cm³/mol. The molecular formula is C16H20N2. The quantitative estimate of drug-likeness (QED) is 0.694. The highest BCUT2D eigenvalue weighted by Gasteiger charge is 2.20. The van der Waals surface area contributed by atoms with E-state index in [1.54, 1.807) is 0 Å². The molecule has 2 atom stereocenters. The molecule has 2 aliphatic rings. The van der Waals surface area contributed by atoms with Gasteiger partial charge in [0.25, 0.3) is 0 Å². The first-order chi connectivity index (χ1) is 8.40. The van der Waals surface area contributed by atoms with Crippen molar-refractivity contribution in [1.82, 2.24) is 0 Å². The first kappa shape index (κ1) is 12.7. The Morgan fingerprint density at radius 3 is 1.39 bits per heavy atom. The Morgan fingerprint density at radius 1 is 0.778 bits per heavy atom. The summed E-state index contributed by atoms with van der Waals surface area (Å²) in [6.07, 6.45) is 8.46. The van der Waals surface area contributed by atoms with Crippen molar-refractivity contribution >= 4 is 11.4 Å². The van der Waals surface area contributed by atoms with Crippen molar-refractivity contribution in [3.8, 4) is 0 Å². The number of rotatable bonds is 1. The minimum atomic E-state index is 0.177. The van der Waals surface area contributed by atoms with Crippen LogP contribution in [0, 0.1) is 22.7 Å². The summed E-state index contributed by atoms with van der Waals surface area (Å²) >= 11 is 0. The molecule has 2 N–H and O–H groups in total. The summed E-state index contributed by atoms with van der Waals surface area (Å²) in [7, 11) is 0. The van der Waals surface area contributed by atoms with Crippen molar-refractivity contribution in [2.75, 3.05) is 0 Å². The van der Waals surface area contributed by atoms with E-state index in [0.717, 1.165) is 11.1 Å². The van der Waals surface area contributed by atoms with Gasteiger partial charge in [0.2, 0.25) is 0 Å². The molecule has 0 amide bonds. The van der Waals surface area contributed by atoms with E-state index in [1.807, 2.05) is 13.8 Å². The fourth-order valence-corrected chi connectivity index (χ4v) is 2.50. The van der Waals surface area contributed by atoms with E-state index >= 15 is 0 Å². The van der Waals surface area contributed by atoms with E-state index in [1.165, 1.54) is 11.1 Å². The molecule has 18 heavy (non-hydrogen) atoms. The van der Waals surface area contributed by atoms with E-state index < -0.39 is 0 Å². The van der Waals surface area contributed by atoms with Gasteiger partial charge in [0.1, 0.15) is 0 Å². The normalized spacial score (nSPS) is 28.4. The van der Waals surface area contributed by atoms with Gasteiger partial charge in [-0.2, -0.15) is 0 Å². The van der Waals surface area contributed by atoms with Crippen molar-refractivity contribution < 1.29 is 0 Å². The molecule has 2 aliphatic carbocycles. The zero-order chi connectivity index (χ0) is 13.4. The van der Waals surface area contributed by atoms with Gasteiger partial charge in [-0.05, 0) is 48.3 Å². The maximum Gasteiger partial charge on any atom is 0.0409 e. The highest BCUT2D eigenvalue weighted by molar-refractivity contribution is 6.03. The highest BCUT2D eigenvalue weighted by atomic mass is 14.5. The Bertz CT molecular complexity index is 491. The third kappa shape index (κ3) is 2.15. The minimum Gasteiger partial charge on any atom is -0.304 e. The molecule has 0 aromatic rings. The van der Waals surface area contributed by atoms with Crippen LogP contribution < -0.4 is 0 Å². The van der Waals surface area contributed by atoms with Crippen LogP contribution in [0.3, 0.4) is 0 Å². The lowest BCUT2D eigenvalue weighted by Crippen LogP contribution is -2.17. The van der Waals surface area contributed by atoms with Crippen LogP contribution in [-0.4, -0.2) is 11.4 Å². The van der Waals surface area contributed by atoms with Crippen LogP contribution in [0.25, 0.3) is 0 Å². The van der Waals surface area contributed by atoms with Crippen LogP contribution in [0.2, 0.25) is 0 Å². The number of hydrogen-bond acceptors (Lipinski definition) is 2. The van der Waals surface area contributed by atoms with Gasteiger partial charge in [0.15, 0.2) is 0 Å². The molecule has 0 heterocycles. The average Bonchev–Trinajstić information content (AvgIpc) is 2.31. The molecule has 0 aromatic carbocycles. The number of nitrogens with one attached hydrogen (secondary N) is 2. The Hall–Kier alpha value is -1.70. The van der Waals surface area contributed by atoms with Gasteiger partial charge in [-0.1, -0.05) is 26.0 Å². The zero-order valence-corrected chi connectivity index (χ0v) is 11.5. The number of hydrogen-bond donors (Lipinski definition) is 2. The van der Waals surface area contributed by atoms with Gasteiger partial charge in [0, 0.05) is 23.3 Å². The molecule has 2 nitrogen and oxygen atoms in total. The van der Waals surface area contributed by atoms with Crippen molar-refractivity contribution in [2.24, 2.45) is 11.8 Å². The fourth-order valence-electron chi connectivity index (χ4n) is 2.50. The van der Waals surface area contributed by atoms with Crippen molar-refractivity contribution in [3.63, 3.8) is 0 Å². The van der Waals surface area contributed by atoms with Crippen LogP contribution in [0.5, 0.6) is 0 Å². The second kappa shape index (κ2) is 4.52. The molecule has 94 valence electrons. The van der Waals surface area contributed by atoms with Crippen molar-refractivity contribution in [2.45, 2.75) is 27.7 Å². The summed E-state index contributed by atoms with van der Waals surface area (Å²) < 4.78 is 0. The number of allylic oxidation sites excluding steroid dienone is 8. The van der Waals surface area contributed by atoms with E-state index in [4.69, 9.17) is 10.8 Å². The van der Waals surface area contributed by atoms with Crippen LogP contribution in [-0.2, 0) is 0 Å². The molecule has 2 rings (SSSR count). The summed E-state index contributed by atoms with van der Waals surface area (Å²) in [5.74, 6) is 0.354. The Balaban J connectivity index is 2.40. The van der Waals surface area contributed by atoms with Gasteiger partial charge < -0.3 is 10.8 Å². The zero-order valence-electron chi connectivity index (χ0n) is 11.5. The van der Waals surface area contributed by atoms with Gasteiger partial charge in [-0.25, -0.2) is 0 Å². The SMILES string of the molecule is CC1=CC(C2=CC(C)C(=N)C(C)=C2)=CC(C)C1=N. The third-order valence-corrected chi connectivity index (χ3v) is 3.70. The van der Waals surface area contributed by atoms with Crippen LogP contribution in [0.4, 0.5) is 0 Å². The van der Waals surface area contributed by atoms with Gasteiger partial charge in [-0.3, -0.25) is 0 Å². The smallest absolute Gasteiger partial charge is 0.0409 e. The summed E-state index contributed by atoms with van der Waals surface area (Å²) in [5, 5.41) is 15.9. The van der Waals surface area contributed by atoms with Gasteiger partial charge in [-0.15, -0.1) is 0 Å². The Labute approximate surface area is 109 Å². The standard InChI is InChI=1S/C16H20N2/c1-9-5-13(6-10(2)15(9)17)14-7-11(3)16(18)12(4)8-14/h5-9,11,17-18H,1-4H3. The summed E-state index contributed by atoms with van der Waals surface area (Å²) in [6.45, 7) is 8.11. The Kier molecular flexibility index (Phi) is 3.20. The van der Waals surface area contributed by atoms with E-state index in [0.29, 0.717) is 11.4 Å². The molecule has 0 aromatic heterocycles. The van der Waals surface area contributed by atoms with E-state index in [-0.39, 0.29) is 11.8 Å². The molecule has 2 heteroatoms. The third-order valence-electron chi connectivity index (χ3n) is 3.70. The van der Waals surface area contributed by atoms with Gasteiger partial charge >= 0.3 is 0 Å². The lowest BCUT2D eigenvalue weighted by molar-refractivity contribution is 0.942. The lowest BCUT2D eigenvalue weighted by Gasteiger charge is -2.23. The van der Waals surface area contributed by atoms with Crippen LogP contribution in [0.1, 0.15) is 27.7 Å². The largest absolute Gasteiger partial charge is 0.304 e. The lowest BCUT2D eigenvalue weighted by atomic mass is 9.82. The molecule has 0 radical (unpaired) electrons. The molecule has 0 aliphatic heterocycles. The topological polar surface area (TPSA) is 47.7 Å². The monoisotopic (exact) mass is 240 g/mol. The summed E-state index contributed by atoms with van der Waals surface area (Å²) in [5.41, 5.74) is 5.87. The molecule has 0 fully saturated rings. The molecule has 0 spiro atoms. The van der Waals surface area contributed by atoms with Crippen molar-refractivity contribution in [1.29, 1.82) is 10.8 Å². The highest BCUT2D eigenvalue weighted by Crippen LogP contribution is 2.29. The molecule has 0 saturated carbocycles. The molecular weight excluding hydrogens is 220 g/mol. The summed E-state index contributed by atoms with van der Waals surface area (Å²) in [4.78, 5) is 0. The minimum absolute atomic E-state index is 0.177. The van der Waals surface area contributed by atoms with Crippen LogP contribution >= 0.6 is 0 Å². The van der Waals surface area contributed by atoms with Gasteiger partial charge in [0.05, 0.1) is 0 Å². The maximum absolute atomic E-state index is 7.93. The molecule has 0 bridgehead atoms. The molecule has 2 unspecified atom stereocenters. The maximum atomic E-state index is 7.93. The fraction of sp³-hybridized carbons (Fsp3) is 0.375. The second-order valence-electron chi connectivity index (χ2n) is 5.30. The first-order valence-corrected chi connectivity index (χ1v) is 6.38.